The summed E-state index contributed by atoms with van der Waals surface area (Å²) in [6.07, 6.45) is 0. The molecule has 0 aliphatic rings. The van der Waals surface area contributed by atoms with Crippen LogP contribution in [0.15, 0.2) is 18.2 Å². The van der Waals surface area contributed by atoms with Gasteiger partial charge in [-0.2, -0.15) is 0 Å². The molecule has 1 rings (SSSR count). The molecule has 21 heavy (non-hydrogen) atoms. The van der Waals surface area contributed by atoms with Crippen LogP contribution in [0, 0.1) is 11.7 Å². The Bertz CT molecular complexity index is 516. The molecule has 6 heteroatoms. The van der Waals surface area contributed by atoms with E-state index in [0.717, 1.165) is 6.07 Å². The van der Waals surface area contributed by atoms with E-state index in [1.165, 1.54) is 24.1 Å². The summed E-state index contributed by atoms with van der Waals surface area (Å²) < 4.78 is 18.9. The highest BCUT2D eigenvalue weighted by Crippen LogP contribution is 2.14. The Labute approximate surface area is 123 Å². The van der Waals surface area contributed by atoms with E-state index in [-0.39, 0.29) is 17.0 Å². The maximum absolute atomic E-state index is 13.9. The summed E-state index contributed by atoms with van der Waals surface area (Å²) in [5, 5.41) is 8.80. The van der Waals surface area contributed by atoms with Crippen molar-refractivity contribution in [3.05, 3.63) is 35.1 Å². The molecule has 0 aliphatic heterocycles. The van der Waals surface area contributed by atoms with Crippen molar-refractivity contribution < 1.29 is 23.8 Å². The molecule has 116 valence electrons. The zero-order valence-corrected chi connectivity index (χ0v) is 12.4. The first kappa shape index (κ1) is 17.1. The van der Waals surface area contributed by atoms with Gasteiger partial charge in [-0.25, -0.2) is 9.18 Å². The molecular formula is C15H20FNO4. The number of benzene rings is 1. The predicted molar refractivity (Wildman–Crippen MR) is 76.0 cm³/mol. The molecule has 5 nitrogen and oxygen atoms in total. The Balaban J connectivity index is 2.99. The molecule has 0 saturated carbocycles. The molecule has 0 heterocycles. The predicted octanol–water partition coefficient (Wildman–Crippen LogP) is 2.27. The van der Waals surface area contributed by atoms with Crippen molar-refractivity contribution in [2.45, 2.75) is 13.8 Å². The van der Waals surface area contributed by atoms with Gasteiger partial charge in [0.1, 0.15) is 5.82 Å². The van der Waals surface area contributed by atoms with Gasteiger partial charge in [0.05, 0.1) is 17.7 Å². The van der Waals surface area contributed by atoms with Crippen molar-refractivity contribution in [3.8, 4) is 0 Å². The number of hydrogen-bond donors (Lipinski definition) is 1. The van der Waals surface area contributed by atoms with Crippen LogP contribution in [0.25, 0.3) is 0 Å². The molecule has 0 radical (unpaired) electrons. The summed E-state index contributed by atoms with van der Waals surface area (Å²) in [6.45, 7) is 5.09. The van der Waals surface area contributed by atoms with Gasteiger partial charge >= 0.3 is 5.97 Å². The molecule has 1 aromatic carbocycles. The standard InChI is InChI=1S/C15H20FNO4/c1-10(2)9-17(6-7-21-3)14(18)12-5-4-11(15(19)20)8-13(12)16/h4-5,8,10H,6-7,9H2,1-3H3,(H,19,20). The fourth-order valence-corrected chi connectivity index (χ4v) is 1.91. The summed E-state index contributed by atoms with van der Waals surface area (Å²) in [6, 6.07) is 3.29. The number of hydrogen-bond acceptors (Lipinski definition) is 3. The normalized spacial score (nSPS) is 10.7. The Hall–Kier alpha value is -1.95. The number of methoxy groups -OCH3 is 1. The lowest BCUT2D eigenvalue weighted by molar-refractivity contribution is 0.0662. The lowest BCUT2D eigenvalue weighted by atomic mass is 10.1. The Morgan fingerprint density at radius 1 is 1.38 bits per heavy atom. The number of ether oxygens (including phenoxy) is 1. The molecule has 0 atom stereocenters. The highest BCUT2D eigenvalue weighted by Gasteiger charge is 2.21. The summed E-state index contributed by atoms with van der Waals surface area (Å²) in [7, 11) is 1.53. The van der Waals surface area contributed by atoms with Crippen molar-refractivity contribution in [2.24, 2.45) is 5.92 Å². The van der Waals surface area contributed by atoms with Crippen LogP contribution in [0.5, 0.6) is 0 Å². The molecule has 0 aromatic heterocycles. The van der Waals surface area contributed by atoms with Crippen molar-refractivity contribution in [2.75, 3.05) is 26.8 Å². The fraction of sp³-hybridized carbons (Fsp3) is 0.467. The van der Waals surface area contributed by atoms with Crippen LogP contribution in [-0.4, -0.2) is 48.7 Å². The third-order valence-corrected chi connectivity index (χ3v) is 2.88. The van der Waals surface area contributed by atoms with E-state index in [9.17, 15) is 14.0 Å². The van der Waals surface area contributed by atoms with Gasteiger partial charge in [-0.1, -0.05) is 13.8 Å². The van der Waals surface area contributed by atoms with E-state index < -0.39 is 17.7 Å². The minimum Gasteiger partial charge on any atom is -0.478 e. The van der Waals surface area contributed by atoms with Crippen LogP contribution < -0.4 is 0 Å². The second-order valence-electron chi connectivity index (χ2n) is 5.14. The van der Waals surface area contributed by atoms with Crippen molar-refractivity contribution in [3.63, 3.8) is 0 Å². The minimum absolute atomic E-state index is 0.128. The van der Waals surface area contributed by atoms with Crippen molar-refractivity contribution >= 4 is 11.9 Å². The third kappa shape index (κ3) is 4.82. The highest BCUT2D eigenvalue weighted by atomic mass is 19.1. The first-order valence-electron chi connectivity index (χ1n) is 6.67. The smallest absolute Gasteiger partial charge is 0.335 e. The van der Waals surface area contributed by atoms with Gasteiger partial charge in [-0.15, -0.1) is 0 Å². The lowest BCUT2D eigenvalue weighted by Gasteiger charge is -2.24. The summed E-state index contributed by atoms with van der Waals surface area (Å²) in [5.74, 6) is -2.29. The maximum Gasteiger partial charge on any atom is 0.335 e. The fourth-order valence-electron chi connectivity index (χ4n) is 1.91. The molecule has 1 N–H and O–H groups in total. The molecule has 1 amide bonds. The lowest BCUT2D eigenvalue weighted by Crippen LogP contribution is -2.37. The summed E-state index contributed by atoms with van der Waals surface area (Å²) in [5.41, 5.74) is -0.312. The van der Waals surface area contributed by atoms with Crippen LogP contribution in [0.4, 0.5) is 4.39 Å². The third-order valence-electron chi connectivity index (χ3n) is 2.88. The quantitative estimate of drug-likeness (QED) is 0.838. The van der Waals surface area contributed by atoms with Gasteiger partial charge in [0.25, 0.3) is 5.91 Å². The summed E-state index contributed by atoms with van der Waals surface area (Å²) >= 11 is 0. The monoisotopic (exact) mass is 297 g/mol. The first-order chi connectivity index (χ1) is 9.86. The van der Waals surface area contributed by atoms with Gasteiger partial charge in [0, 0.05) is 20.2 Å². The Morgan fingerprint density at radius 2 is 2.05 bits per heavy atom. The number of carboxylic acids is 1. The van der Waals surface area contributed by atoms with Gasteiger partial charge in [0.15, 0.2) is 0 Å². The topological polar surface area (TPSA) is 66.8 Å². The van der Waals surface area contributed by atoms with E-state index in [0.29, 0.717) is 19.7 Å². The van der Waals surface area contributed by atoms with Gasteiger partial charge in [0.2, 0.25) is 0 Å². The molecule has 0 aliphatic carbocycles. The molecule has 0 saturated heterocycles. The molecule has 0 bridgehead atoms. The zero-order valence-electron chi connectivity index (χ0n) is 12.4. The SMILES string of the molecule is COCCN(CC(C)C)C(=O)c1ccc(C(=O)O)cc1F. The molecule has 0 spiro atoms. The van der Waals surface area contributed by atoms with Crippen molar-refractivity contribution in [1.82, 2.24) is 4.90 Å². The number of nitrogens with zero attached hydrogens (tertiary/aromatic N) is 1. The van der Waals surface area contributed by atoms with E-state index >= 15 is 0 Å². The van der Waals surface area contributed by atoms with E-state index in [1.807, 2.05) is 13.8 Å². The van der Waals surface area contributed by atoms with Gasteiger partial charge < -0.3 is 14.7 Å². The molecule has 0 fully saturated rings. The van der Waals surface area contributed by atoms with E-state index in [1.54, 1.807) is 0 Å². The van der Waals surface area contributed by atoms with E-state index in [2.05, 4.69) is 0 Å². The van der Waals surface area contributed by atoms with Gasteiger partial charge in [-0.3, -0.25) is 4.79 Å². The van der Waals surface area contributed by atoms with E-state index in [4.69, 9.17) is 9.84 Å². The number of carbonyl (C=O) groups is 2. The zero-order chi connectivity index (χ0) is 16.0. The second kappa shape index (κ2) is 7.73. The Morgan fingerprint density at radius 3 is 2.52 bits per heavy atom. The number of amides is 1. The average Bonchev–Trinajstić information content (AvgIpc) is 2.42. The van der Waals surface area contributed by atoms with Crippen molar-refractivity contribution in [1.29, 1.82) is 0 Å². The highest BCUT2D eigenvalue weighted by molar-refractivity contribution is 5.96. The van der Waals surface area contributed by atoms with Crippen LogP contribution >= 0.6 is 0 Å². The number of aromatic carboxylic acids is 1. The van der Waals surface area contributed by atoms with Crippen LogP contribution in [0.1, 0.15) is 34.6 Å². The average molecular weight is 297 g/mol. The number of carboxylic acid groups (broad SMARTS) is 1. The largest absolute Gasteiger partial charge is 0.478 e. The van der Waals surface area contributed by atoms with Crippen LogP contribution in [-0.2, 0) is 4.74 Å². The number of rotatable bonds is 7. The second-order valence-corrected chi connectivity index (χ2v) is 5.14. The summed E-state index contributed by atoms with van der Waals surface area (Å²) in [4.78, 5) is 24.7. The first-order valence-corrected chi connectivity index (χ1v) is 6.67. The molecular weight excluding hydrogens is 277 g/mol. The van der Waals surface area contributed by atoms with Crippen LogP contribution in [0.2, 0.25) is 0 Å². The maximum atomic E-state index is 13.9. The minimum atomic E-state index is -1.23. The number of halogens is 1. The van der Waals surface area contributed by atoms with Crippen LogP contribution in [0.3, 0.4) is 0 Å². The number of carbonyl (C=O) groups excluding carboxylic acids is 1. The molecule has 1 aromatic rings. The Kier molecular flexibility index (Phi) is 6.30. The molecule has 0 unspecified atom stereocenters. The van der Waals surface area contributed by atoms with Gasteiger partial charge in [-0.05, 0) is 24.1 Å².